The zero-order chi connectivity index (χ0) is 19.4. The van der Waals surface area contributed by atoms with E-state index in [4.69, 9.17) is 4.74 Å². The van der Waals surface area contributed by atoms with Gasteiger partial charge in [-0.05, 0) is 57.2 Å². The molecule has 1 heterocycles. The summed E-state index contributed by atoms with van der Waals surface area (Å²) in [5.41, 5.74) is 3.45. The number of hydrogen-bond acceptors (Lipinski definition) is 4. The number of carbonyl (C=O) groups is 1. The summed E-state index contributed by atoms with van der Waals surface area (Å²) in [5.74, 6) is 0.755. The molecule has 0 aliphatic carbocycles. The molecule has 0 radical (unpaired) electrons. The van der Waals surface area contributed by atoms with Crippen LogP contribution in [0.25, 0.3) is 5.69 Å². The van der Waals surface area contributed by atoms with Crippen LogP contribution >= 0.6 is 11.8 Å². The normalized spacial score (nSPS) is 11.9. The van der Waals surface area contributed by atoms with Gasteiger partial charge in [-0.25, -0.2) is 4.68 Å². The molecule has 140 valence electrons. The Balaban J connectivity index is 1.72. The zero-order valence-corrected chi connectivity index (χ0v) is 16.7. The minimum absolute atomic E-state index is 0.0466. The summed E-state index contributed by atoms with van der Waals surface area (Å²) in [7, 11) is 1.64. The third-order valence-corrected chi connectivity index (χ3v) is 5.39. The van der Waals surface area contributed by atoms with E-state index in [2.05, 4.69) is 10.4 Å². The summed E-state index contributed by atoms with van der Waals surface area (Å²) in [6, 6.07) is 17.6. The van der Waals surface area contributed by atoms with Crippen molar-refractivity contribution < 1.29 is 9.53 Å². The van der Waals surface area contributed by atoms with Gasteiger partial charge in [0.1, 0.15) is 5.75 Å². The maximum absolute atomic E-state index is 12.7. The highest BCUT2D eigenvalue weighted by Gasteiger charge is 2.19. The second-order valence-corrected chi connectivity index (χ2v) is 7.63. The van der Waals surface area contributed by atoms with Gasteiger partial charge in [-0.15, -0.1) is 11.8 Å². The van der Waals surface area contributed by atoms with Gasteiger partial charge in [0.25, 0.3) is 0 Å². The van der Waals surface area contributed by atoms with Crippen LogP contribution in [0.2, 0.25) is 0 Å². The van der Waals surface area contributed by atoms with E-state index in [1.807, 2.05) is 80.1 Å². The highest BCUT2D eigenvalue weighted by Crippen LogP contribution is 2.28. The molecule has 3 aromatic rings. The lowest BCUT2D eigenvalue weighted by Gasteiger charge is -2.13. The van der Waals surface area contributed by atoms with Crippen LogP contribution in [0.5, 0.6) is 5.75 Å². The van der Waals surface area contributed by atoms with Gasteiger partial charge in [-0.2, -0.15) is 5.10 Å². The van der Waals surface area contributed by atoms with E-state index in [0.29, 0.717) is 0 Å². The Morgan fingerprint density at radius 2 is 1.78 bits per heavy atom. The molecule has 0 saturated carbocycles. The van der Waals surface area contributed by atoms with Crippen molar-refractivity contribution in [3.63, 3.8) is 0 Å². The van der Waals surface area contributed by atoms with Gasteiger partial charge < -0.3 is 10.1 Å². The molecule has 6 heteroatoms. The Labute approximate surface area is 163 Å². The molecular formula is C21H23N3O2S. The molecule has 0 spiro atoms. The summed E-state index contributed by atoms with van der Waals surface area (Å²) in [4.78, 5) is 13.7. The van der Waals surface area contributed by atoms with Crippen molar-refractivity contribution in [1.82, 2.24) is 9.78 Å². The monoisotopic (exact) mass is 381 g/mol. The van der Waals surface area contributed by atoms with Crippen LogP contribution in [-0.2, 0) is 4.79 Å². The molecule has 0 saturated heterocycles. The fourth-order valence-electron chi connectivity index (χ4n) is 2.78. The molecular weight excluding hydrogens is 358 g/mol. The molecule has 2 aromatic carbocycles. The van der Waals surface area contributed by atoms with E-state index in [1.165, 1.54) is 11.8 Å². The first-order valence-corrected chi connectivity index (χ1v) is 9.60. The lowest BCUT2D eigenvalue weighted by Crippen LogP contribution is -2.23. The standard InChI is InChI=1S/C21H23N3O2S/c1-14-20(15(2)24(23-14)17-8-6-5-7-9-17)22-21(25)16(3)27-19-12-10-18(26-4)11-13-19/h5-13,16H,1-4H3,(H,22,25). The van der Waals surface area contributed by atoms with Crippen LogP contribution in [0.4, 0.5) is 5.69 Å². The van der Waals surface area contributed by atoms with Crippen molar-refractivity contribution in [2.24, 2.45) is 0 Å². The average molecular weight is 382 g/mol. The summed E-state index contributed by atoms with van der Waals surface area (Å²) >= 11 is 1.51. The summed E-state index contributed by atoms with van der Waals surface area (Å²) in [6.45, 7) is 5.77. The van der Waals surface area contributed by atoms with Crippen LogP contribution in [0.15, 0.2) is 59.5 Å². The van der Waals surface area contributed by atoms with Gasteiger partial charge in [0.2, 0.25) is 5.91 Å². The summed E-state index contributed by atoms with van der Waals surface area (Å²) in [6.07, 6.45) is 0. The predicted octanol–water partition coefficient (Wildman–Crippen LogP) is 4.62. The lowest BCUT2D eigenvalue weighted by atomic mass is 10.3. The first-order valence-electron chi connectivity index (χ1n) is 8.73. The summed E-state index contributed by atoms with van der Waals surface area (Å²) < 4.78 is 7.02. The molecule has 1 aromatic heterocycles. The van der Waals surface area contributed by atoms with Crippen molar-refractivity contribution in [3.05, 3.63) is 66.0 Å². The third kappa shape index (κ3) is 4.34. The van der Waals surface area contributed by atoms with E-state index in [9.17, 15) is 4.79 Å². The minimum Gasteiger partial charge on any atom is -0.497 e. The van der Waals surface area contributed by atoms with Gasteiger partial charge in [-0.1, -0.05) is 18.2 Å². The Kier molecular flexibility index (Phi) is 5.86. The average Bonchev–Trinajstić information content (AvgIpc) is 2.97. The fourth-order valence-corrected chi connectivity index (χ4v) is 3.65. The SMILES string of the molecule is COc1ccc(SC(C)C(=O)Nc2c(C)nn(-c3ccccc3)c2C)cc1. The van der Waals surface area contributed by atoms with Crippen LogP contribution in [-0.4, -0.2) is 28.0 Å². The van der Waals surface area contributed by atoms with Crippen molar-refractivity contribution in [1.29, 1.82) is 0 Å². The molecule has 3 rings (SSSR count). The molecule has 1 N–H and O–H groups in total. The topological polar surface area (TPSA) is 56.1 Å². The van der Waals surface area contributed by atoms with E-state index in [1.54, 1.807) is 7.11 Å². The van der Waals surface area contributed by atoms with Gasteiger partial charge in [0.05, 0.1) is 35.1 Å². The zero-order valence-electron chi connectivity index (χ0n) is 15.9. The van der Waals surface area contributed by atoms with Gasteiger partial charge in [-0.3, -0.25) is 4.79 Å². The largest absolute Gasteiger partial charge is 0.497 e. The van der Waals surface area contributed by atoms with E-state index in [-0.39, 0.29) is 11.2 Å². The fraction of sp³-hybridized carbons (Fsp3) is 0.238. The molecule has 1 unspecified atom stereocenters. The van der Waals surface area contributed by atoms with Gasteiger partial charge in [0, 0.05) is 4.90 Å². The Hall–Kier alpha value is -2.73. The maximum atomic E-state index is 12.7. The molecule has 27 heavy (non-hydrogen) atoms. The number of aryl methyl sites for hydroxylation is 1. The van der Waals surface area contributed by atoms with Crippen LogP contribution in [0.1, 0.15) is 18.3 Å². The summed E-state index contributed by atoms with van der Waals surface area (Å²) in [5, 5.41) is 7.38. The number of nitrogens with one attached hydrogen (secondary N) is 1. The Bertz CT molecular complexity index is 921. The molecule has 0 bridgehead atoms. The Morgan fingerprint density at radius 1 is 1.11 bits per heavy atom. The number of hydrogen-bond donors (Lipinski definition) is 1. The number of thioether (sulfide) groups is 1. The molecule has 1 atom stereocenters. The Morgan fingerprint density at radius 3 is 2.41 bits per heavy atom. The second kappa shape index (κ2) is 8.31. The van der Waals surface area contributed by atoms with Crippen LogP contribution in [0, 0.1) is 13.8 Å². The molecule has 1 amide bonds. The second-order valence-electron chi connectivity index (χ2n) is 6.22. The van der Waals surface area contributed by atoms with Crippen LogP contribution < -0.4 is 10.1 Å². The number of amides is 1. The third-order valence-electron chi connectivity index (χ3n) is 4.28. The molecule has 0 fully saturated rings. The minimum atomic E-state index is -0.239. The number of carbonyl (C=O) groups excluding carboxylic acids is 1. The number of rotatable bonds is 6. The lowest BCUT2D eigenvalue weighted by molar-refractivity contribution is -0.115. The van der Waals surface area contributed by atoms with Crippen molar-refractivity contribution in [3.8, 4) is 11.4 Å². The van der Waals surface area contributed by atoms with E-state index in [0.717, 1.165) is 33.4 Å². The molecule has 0 aliphatic heterocycles. The number of para-hydroxylation sites is 1. The molecule has 0 aliphatic rings. The van der Waals surface area contributed by atoms with E-state index >= 15 is 0 Å². The molecule has 5 nitrogen and oxygen atoms in total. The first kappa shape index (κ1) is 19.0. The van der Waals surface area contributed by atoms with Crippen molar-refractivity contribution in [2.75, 3.05) is 12.4 Å². The van der Waals surface area contributed by atoms with Crippen LogP contribution in [0.3, 0.4) is 0 Å². The first-order chi connectivity index (χ1) is 13.0. The van der Waals surface area contributed by atoms with Gasteiger partial charge in [0.15, 0.2) is 0 Å². The highest BCUT2D eigenvalue weighted by atomic mass is 32.2. The number of nitrogens with zero attached hydrogens (tertiary/aromatic N) is 2. The number of benzene rings is 2. The smallest absolute Gasteiger partial charge is 0.237 e. The maximum Gasteiger partial charge on any atom is 0.237 e. The quantitative estimate of drug-likeness (QED) is 0.633. The number of aromatic nitrogens is 2. The predicted molar refractivity (Wildman–Crippen MR) is 110 cm³/mol. The van der Waals surface area contributed by atoms with Crippen molar-refractivity contribution >= 4 is 23.4 Å². The number of methoxy groups -OCH3 is 1. The number of anilines is 1. The highest BCUT2D eigenvalue weighted by molar-refractivity contribution is 8.00. The number of ether oxygens (including phenoxy) is 1. The van der Waals surface area contributed by atoms with Crippen molar-refractivity contribution in [2.45, 2.75) is 30.9 Å². The van der Waals surface area contributed by atoms with E-state index < -0.39 is 0 Å². The van der Waals surface area contributed by atoms with Gasteiger partial charge >= 0.3 is 0 Å².